The molecule has 2 aromatic rings. The zero-order valence-electron chi connectivity index (χ0n) is 13.2. The lowest BCUT2D eigenvalue weighted by atomic mass is 10.1. The highest BCUT2D eigenvalue weighted by atomic mass is 16.5. The maximum Gasteiger partial charge on any atom is 0.271 e. The number of ether oxygens (including phenoxy) is 1. The van der Waals surface area contributed by atoms with Crippen LogP contribution >= 0.6 is 0 Å². The molecule has 0 heterocycles. The maximum absolute atomic E-state index is 12.0. The molecule has 0 aromatic heterocycles. The molecule has 0 fully saturated rings. The van der Waals surface area contributed by atoms with Gasteiger partial charge < -0.3 is 9.84 Å². The van der Waals surface area contributed by atoms with Crippen LogP contribution < -0.4 is 10.2 Å². The normalized spacial score (nSPS) is 10.7. The number of nitrogens with zero attached hydrogens (tertiary/aromatic N) is 1. The summed E-state index contributed by atoms with van der Waals surface area (Å²) in [7, 11) is 0. The van der Waals surface area contributed by atoms with Crippen molar-refractivity contribution in [1.29, 1.82) is 0 Å². The van der Waals surface area contributed by atoms with Crippen LogP contribution in [0.5, 0.6) is 11.5 Å². The summed E-state index contributed by atoms with van der Waals surface area (Å²) in [5.41, 5.74) is 4.47. The molecule has 0 radical (unpaired) electrons. The van der Waals surface area contributed by atoms with Crippen LogP contribution in [-0.4, -0.2) is 23.8 Å². The van der Waals surface area contributed by atoms with E-state index in [1.54, 1.807) is 42.5 Å². The number of carbonyl (C=O) groups is 1. The van der Waals surface area contributed by atoms with Gasteiger partial charge >= 0.3 is 0 Å². The monoisotopic (exact) mass is 312 g/mol. The summed E-state index contributed by atoms with van der Waals surface area (Å²) in [6.45, 7) is 4.60. The number of benzene rings is 2. The average molecular weight is 312 g/mol. The van der Waals surface area contributed by atoms with Gasteiger partial charge in [-0.1, -0.05) is 18.6 Å². The molecular weight excluding hydrogens is 292 g/mol. The summed E-state index contributed by atoms with van der Waals surface area (Å²) in [4.78, 5) is 12.0. The van der Waals surface area contributed by atoms with E-state index in [-0.39, 0.29) is 11.7 Å². The Morgan fingerprint density at radius 1 is 1.26 bits per heavy atom. The fraction of sp³-hybridized carbons (Fsp3) is 0.222. The molecule has 0 unspecified atom stereocenters. The van der Waals surface area contributed by atoms with E-state index in [0.29, 0.717) is 17.7 Å². The van der Waals surface area contributed by atoms with Gasteiger partial charge in [0.05, 0.1) is 12.8 Å². The molecule has 0 bridgehead atoms. The molecule has 5 heteroatoms. The van der Waals surface area contributed by atoms with E-state index in [9.17, 15) is 9.90 Å². The number of hydrazone groups is 1. The molecule has 0 atom stereocenters. The number of nitrogens with one attached hydrogen (secondary N) is 1. The SMILES string of the molecule is CCCOc1ccc(C(=O)N/N=C\c2cc(C)ccc2O)cc1. The van der Waals surface area contributed by atoms with Gasteiger partial charge in [-0.25, -0.2) is 5.43 Å². The Hall–Kier alpha value is -2.82. The topological polar surface area (TPSA) is 70.9 Å². The van der Waals surface area contributed by atoms with Gasteiger partial charge in [0.25, 0.3) is 5.91 Å². The molecule has 5 nitrogen and oxygen atoms in total. The third kappa shape index (κ3) is 4.85. The molecule has 0 aliphatic carbocycles. The molecule has 0 aliphatic rings. The largest absolute Gasteiger partial charge is 0.507 e. The number of hydrogen-bond acceptors (Lipinski definition) is 4. The molecule has 0 aliphatic heterocycles. The van der Waals surface area contributed by atoms with Crippen molar-refractivity contribution >= 4 is 12.1 Å². The second kappa shape index (κ2) is 7.98. The van der Waals surface area contributed by atoms with Crippen LogP contribution in [0, 0.1) is 6.92 Å². The summed E-state index contributed by atoms with van der Waals surface area (Å²) in [6, 6.07) is 12.0. The Bertz CT molecular complexity index is 694. The minimum absolute atomic E-state index is 0.117. The second-order valence-corrected chi connectivity index (χ2v) is 5.13. The lowest BCUT2D eigenvalue weighted by Crippen LogP contribution is -2.17. The molecule has 0 saturated heterocycles. The van der Waals surface area contributed by atoms with Crippen LogP contribution in [0.1, 0.15) is 34.8 Å². The first-order chi connectivity index (χ1) is 11.1. The highest BCUT2D eigenvalue weighted by molar-refractivity contribution is 5.95. The number of amides is 1. The fourth-order valence-electron chi connectivity index (χ4n) is 1.92. The standard InChI is InChI=1S/C18H20N2O3/c1-3-10-23-16-7-5-14(6-8-16)18(22)20-19-12-15-11-13(2)4-9-17(15)21/h4-9,11-12,21H,3,10H2,1-2H3,(H,20,22)/b19-12-. The summed E-state index contributed by atoms with van der Waals surface area (Å²) in [5, 5.41) is 13.6. The Morgan fingerprint density at radius 2 is 2.00 bits per heavy atom. The van der Waals surface area contributed by atoms with E-state index in [1.807, 2.05) is 13.8 Å². The van der Waals surface area contributed by atoms with Crippen LogP contribution in [-0.2, 0) is 0 Å². The number of aromatic hydroxyl groups is 1. The molecule has 2 rings (SSSR count). The van der Waals surface area contributed by atoms with E-state index in [2.05, 4.69) is 10.5 Å². The minimum atomic E-state index is -0.324. The Kier molecular flexibility index (Phi) is 5.74. The van der Waals surface area contributed by atoms with E-state index >= 15 is 0 Å². The molecule has 2 aromatic carbocycles. The van der Waals surface area contributed by atoms with E-state index in [4.69, 9.17) is 4.74 Å². The first-order valence-corrected chi connectivity index (χ1v) is 7.46. The third-order valence-electron chi connectivity index (χ3n) is 3.14. The molecular formula is C18H20N2O3. The van der Waals surface area contributed by atoms with E-state index in [0.717, 1.165) is 17.7 Å². The lowest BCUT2D eigenvalue weighted by Gasteiger charge is -2.05. The van der Waals surface area contributed by atoms with Gasteiger partial charge in [0, 0.05) is 11.1 Å². The zero-order chi connectivity index (χ0) is 16.7. The van der Waals surface area contributed by atoms with Crippen LogP contribution in [0.4, 0.5) is 0 Å². The fourth-order valence-corrected chi connectivity index (χ4v) is 1.92. The predicted molar refractivity (Wildman–Crippen MR) is 90.1 cm³/mol. The lowest BCUT2D eigenvalue weighted by molar-refractivity contribution is 0.0955. The van der Waals surface area contributed by atoms with E-state index in [1.165, 1.54) is 6.21 Å². The predicted octanol–water partition coefficient (Wildman–Crippen LogP) is 3.25. The Morgan fingerprint density at radius 3 is 2.70 bits per heavy atom. The number of aryl methyl sites for hydroxylation is 1. The number of phenols is 1. The number of rotatable bonds is 6. The highest BCUT2D eigenvalue weighted by Gasteiger charge is 2.04. The van der Waals surface area contributed by atoms with Gasteiger partial charge in [-0.15, -0.1) is 0 Å². The van der Waals surface area contributed by atoms with Crippen LogP contribution in [0.2, 0.25) is 0 Å². The third-order valence-corrected chi connectivity index (χ3v) is 3.14. The smallest absolute Gasteiger partial charge is 0.271 e. The van der Waals surface area contributed by atoms with Gasteiger partial charge in [-0.3, -0.25) is 4.79 Å². The average Bonchev–Trinajstić information content (AvgIpc) is 2.56. The van der Waals surface area contributed by atoms with Crippen LogP contribution in [0.15, 0.2) is 47.6 Å². The van der Waals surface area contributed by atoms with Crippen molar-refractivity contribution in [3.05, 3.63) is 59.2 Å². The minimum Gasteiger partial charge on any atom is -0.507 e. The molecule has 1 amide bonds. The first kappa shape index (κ1) is 16.5. The molecule has 2 N–H and O–H groups in total. The van der Waals surface area contributed by atoms with Crippen molar-refractivity contribution in [2.45, 2.75) is 20.3 Å². The van der Waals surface area contributed by atoms with Crippen molar-refractivity contribution in [3.63, 3.8) is 0 Å². The van der Waals surface area contributed by atoms with Gasteiger partial charge in [-0.05, 0) is 49.7 Å². The Labute approximate surface area is 135 Å². The first-order valence-electron chi connectivity index (χ1n) is 7.46. The summed E-state index contributed by atoms with van der Waals surface area (Å²) >= 11 is 0. The Balaban J connectivity index is 1.96. The molecule has 120 valence electrons. The molecule has 0 saturated carbocycles. The van der Waals surface area contributed by atoms with Gasteiger partial charge in [0.1, 0.15) is 11.5 Å². The summed E-state index contributed by atoms with van der Waals surface area (Å²) in [5.74, 6) is 0.526. The van der Waals surface area contributed by atoms with Crippen LogP contribution in [0.3, 0.4) is 0 Å². The quantitative estimate of drug-likeness (QED) is 0.635. The van der Waals surface area contributed by atoms with Crippen molar-refractivity contribution in [2.24, 2.45) is 5.10 Å². The van der Waals surface area contributed by atoms with Gasteiger partial charge in [0.2, 0.25) is 0 Å². The summed E-state index contributed by atoms with van der Waals surface area (Å²) < 4.78 is 5.46. The summed E-state index contributed by atoms with van der Waals surface area (Å²) in [6.07, 6.45) is 2.35. The van der Waals surface area contributed by atoms with Crippen LogP contribution in [0.25, 0.3) is 0 Å². The molecule has 23 heavy (non-hydrogen) atoms. The van der Waals surface area contributed by atoms with Crippen molar-refractivity contribution in [1.82, 2.24) is 5.43 Å². The zero-order valence-corrected chi connectivity index (χ0v) is 13.2. The number of hydrogen-bond donors (Lipinski definition) is 2. The van der Waals surface area contributed by atoms with Gasteiger partial charge in [-0.2, -0.15) is 5.10 Å². The number of carbonyl (C=O) groups excluding carboxylic acids is 1. The number of phenolic OH excluding ortho intramolecular Hbond substituents is 1. The van der Waals surface area contributed by atoms with Crippen molar-refractivity contribution in [3.8, 4) is 11.5 Å². The van der Waals surface area contributed by atoms with Gasteiger partial charge in [0.15, 0.2) is 0 Å². The molecule has 0 spiro atoms. The maximum atomic E-state index is 12.0. The van der Waals surface area contributed by atoms with E-state index < -0.39 is 0 Å². The second-order valence-electron chi connectivity index (χ2n) is 5.13. The highest BCUT2D eigenvalue weighted by Crippen LogP contribution is 2.16. The van der Waals surface area contributed by atoms with Crippen molar-refractivity contribution in [2.75, 3.05) is 6.61 Å². The van der Waals surface area contributed by atoms with Crippen molar-refractivity contribution < 1.29 is 14.6 Å².